The molecule has 3 N–H and O–H groups in total. The van der Waals surface area contributed by atoms with Crippen LogP contribution >= 0.6 is 11.8 Å². The molecular weight excluding hydrogens is 1260 g/mol. The van der Waals surface area contributed by atoms with Gasteiger partial charge in [0.15, 0.2) is 21.8 Å². The molecule has 0 spiro atoms. The van der Waals surface area contributed by atoms with E-state index < -0.39 is 64.8 Å². The van der Waals surface area contributed by atoms with Gasteiger partial charge < -0.3 is 72.7 Å². The second-order valence-corrected chi connectivity index (χ2v) is 36.5. The van der Waals surface area contributed by atoms with E-state index in [1.807, 2.05) is 78.5 Å². The van der Waals surface area contributed by atoms with E-state index in [4.69, 9.17) is 47.5 Å². The van der Waals surface area contributed by atoms with Gasteiger partial charge >= 0.3 is 6.03 Å². The van der Waals surface area contributed by atoms with Crippen molar-refractivity contribution in [2.24, 2.45) is 28.8 Å². The summed E-state index contributed by atoms with van der Waals surface area (Å²) >= 11 is 1.58. The van der Waals surface area contributed by atoms with Crippen molar-refractivity contribution in [3.8, 4) is 0 Å². The second kappa shape index (κ2) is 44.9. The van der Waals surface area contributed by atoms with Gasteiger partial charge in [-0.3, -0.25) is 19.2 Å². The van der Waals surface area contributed by atoms with Gasteiger partial charge in [-0.15, -0.1) is 0 Å². The van der Waals surface area contributed by atoms with Crippen molar-refractivity contribution >= 4 is 58.1 Å². The van der Waals surface area contributed by atoms with Crippen LogP contribution in [-0.2, 0) is 67.8 Å². The number of hydrogen-bond acceptors (Lipinski definition) is 18. The Hall–Kier alpha value is -4.82. The number of rotatable bonds is 49. The molecular formula is C66H117N11O14SSi2. The van der Waals surface area contributed by atoms with Crippen LogP contribution in [0.5, 0.6) is 0 Å². The molecule has 1 aromatic heterocycles. The molecule has 1 fully saturated rings. The molecule has 1 aliphatic rings. The van der Waals surface area contributed by atoms with E-state index in [-0.39, 0.29) is 59.9 Å². The monoisotopic (exact) mass is 1380 g/mol. The predicted molar refractivity (Wildman–Crippen MR) is 371 cm³/mol. The summed E-state index contributed by atoms with van der Waals surface area (Å²) in [5.74, 6) is -2.22. The summed E-state index contributed by atoms with van der Waals surface area (Å²) in [7, 11) is 2.14. The number of urea groups is 1. The summed E-state index contributed by atoms with van der Waals surface area (Å²) in [4.78, 5) is 88.0. The minimum absolute atomic E-state index is 0.00814. The molecule has 1 aromatic carbocycles. The molecule has 0 bridgehead atoms. The fourth-order valence-corrected chi connectivity index (χ4v) is 22.0. The molecule has 534 valence electrons. The summed E-state index contributed by atoms with van der Waals surface area (Å²) in [6.45, 7) is 32.7. The van der Waals surface area contributed by atoms with E-state index >= 15 is 0 Å². The van der Waals surface area contributed by atoms with Crippen LogP contribution in [-0.4, -0.2) is 239 Å². The third kappa shape index (κ3) is 29.9. The Kier molecular flexibility index (Phi) is 39.8. The topological polar surface area (TPSA) is 289 Å². The van der Waals surface area contributed by atoms with Crippen LogP contribution in [0.2, 0.25) is 32.2 Å². The van der Waals surface area contributed by atoms with Gasteiger partial charge in [0, 0.05) is 88.2 Å². The molecule has 0 radical (unpaired) electrons. The van der Waals surface area contributed by atoms with E-state index in [0.29, 0.717) is 123 Å². The smallest absolute Gasteiger partial charge is 0.317 e. The highest BCUT2D eigenvalue weighted by atomic mass is 32.2. The zero-order chi connectivity index (χ0) is 69.8. The molecule has 6 amide bonds. The summed E-state index contributed by atoms with van der Waals surface area (Å²) in [6, 6.07) is 7.65. The number of methoxy groups -OCH3 is 2. The number of thioether (sulfide) groups is 1. The van der Waals surface area contributed by atoms with E-state index in [9.17, 15) is 24.0 Å². The third-order valence-corrected chi connectivity index (χ3v) is 26.9. The standard InChI is InChI=1S/C66H117N11O14SSi2/c1-18-49(6)60(56(83-12)42-57(78)77-29-22-26-55(77)61(84-13)51(8)62(79)72-52(9)50(7)54-24-20-19-21-25-54)75(10)64(81)58(47(2)3)73-63(80)59(48(4)5)76(11)66(82)68-27-23-41-93(14,15)91-94(16,17)46-92-65-69-43-53(44-70-65)45-90-40-39-89-38-37-88-36-35-87-34-33-86-32-31-85-30-28-71-74-67/h19-21,24-25,43-44,47-52,55-56,58-61H,18,22-23,26-42,45-46H2,1-17H3,(H,68,82)(H,72,79)(H,73,80)/t49-,50+,51+,52+,55-,56+,58-,59-,60-,61+/m1/s1. The maximum Gasteiger partial charge on any atom is 0.317 e. The summed E-state index contributed by atoms with van der Waals surface area (Å²) in [5, 5.41) is 14.1. The Morgan fingerprint density at radius 3 is 1.86 bits per heavy atom. The molecule has 0 aliphatic carbocycles. The van der Waals surface area contributed by atoms with Crippen LogP contribution in [0.15, 0.2) is 53.0 Å². The molecule has 94 heavy (non-hydrogen) atoms. The lowest BCUT2D eigenvalue weighted by atomic mass is 9.89. The molecule has 25 nitrogen and oxygen atoms in total. The second-order valence-electron chi connectivity index (χ2n) is 26.3. The summed E-state index contributed by atoms with van der Waals surface area (Å²) in [6.07, 6.45) is 5.12. The molecule has 2 heterocycles. The van der Waals surface area contributed by atoms with Gasteiger partial charge in [0.05, 0.1) is 116 Å². The number of aromatic nitrogens is 2. The van der Waals surface area contributed by atoms with Crippen molar-refractivity contribution in [1.82, 2.24) is 40.6 Å². The number of likely N-dealkylation sites (tertiary alicyclic amines) is 1. The van der Waals surface area contributed by atoms with Crippen molar-refractivity contribution < 1.29 is 66.0 Å². The summed E-state index contributed by atoms with van der Waals surface area (Å²) in [5.41, 5.74) is 10.2. The number of nitrogens with zero attached hydrogens (tertiary/aromatic N) is 8. The van der Waals surface area contributed by atoms with Crippen molar-refractivity contribution in [2.45, 2.75) is 187 Å². The highest BCUT2D eigenvalue weighted by Crippen LogP contribution is 2.31. The lowest BCUT2D eigenvalue weighted by Crippen LogP contribution is -2.61. The van der Waals surface area contributed by atoms with E-state index in [2.05, 4.69) is 81.2 Å². The average molecular weight is 1380 g/mol. The first-order valence-corrected chi connectivity index (χ1v) is 40.8. The lowest BCUT2D eigenvalue weighted by Gasteiger charge is -2.41. The number of likely N-dealkylation sites (N-methyl/N-ethyl adjacent to an activating group) is 2. The number of nitrogens with one attached hydrogen (secondary N) is 3. The highest BCUT2D eigenvalue weighted by molar-refractivity contribution is 8.00. The lowest BCUT2D eigenvalue weighted by molar-refractivity contribution is -0.148. The SMILES string of the molecule is CC[C@@H](C)[C@H]([C@H](CC(=O)N1CCC[C@@H]1[C@@H](OC)[C@H](C)C(=O)N[C@@H](C)[C@H](C)c1ccccc1)OC)N(C)C(=O)[C@H](NC(=O)[C@@H](C(C)C)N(C)C(=O)NCCC[Si](C)(C)O[Si](C)(C)CSc1ncc(COCCOCCOCCOCCOCCOCCN=[N+]=[N-])cn1)C(C)C. The van der Waals surface area contributed by atoms with Crippen molar-refractivity contribution in [3.63, 3.8) is 0 Å². The molecule has 3 rings (SSSR count). The van der Waals surface area contributed by atoms with Gasteiger partial charge in [-0.25, -0.2) is 14.8 Å². The fourth-order valence-electron chi connectivity index (χ4n) is 11.7. The maximum absolute atomic E-state index is 14.8. The zero-order valence-electron chi connectivity index (χ0n) is 59.7. The average Bonchev–Trinajstić information content (AvgIpc) is 1.39. The minimum Gasteiger partial charge on any atom is -0.455 e. The van der Waals surface area contributed by atoms with Crippen molar-refractivity contribution in [1.29, 1.82) is 0 Å². The molecule has 10 atom stereocenters. The quantitative estimate of drug-likeness (QED) is 0.0106. The van der Waals surface area contributed by atoms with E-state index in [1.165, 1.54) is 4.90 Å². The molecule has 1 aliphatic heterocycles. The minimum atomic E-state index is -2.17. The zero-order valence-corrected chi connectivity index (χ0v) is 62.5. The first-order chi connectivity index (χ1) is 44.7. The van der Waals surface area contributed by atoms with Gasteiger partial charge in [-0.1, -0.05) is 109 Å². The van der Waals surface area contributed by atoms with Crippen LogP contribution < -0.4 is 16.0 Å². The van der Waals surface area contributed by atoms with Crippen LogP contribution in [0.1, 0.15) is 111 Å². The molecule has 1 saturated heterocycles. The first kappa shape index (κ1) is 83.4. The number of carbonyl (C=O) groups is 5. The number of azide groups is 1. The number of benzene rings is 1. The van der Waals surface area contributed by atoms with Crippen LogP contribution in [0.3, 0.4) is 0 Å². The normalized spacial score (nSPS) is 16.5. The third-order valence-electron chi connectivity index (χ3n) is 17.1. The van der Waals surface area contributed by atoms with Gasteiger partial charge in [-0.2, -0.15) is 0 Å². The first-order valence-electron chi connectivity index (χ1n) is 33.6. The van der Waals surface area contributed by atoms with Gasteiger partial charge in [0.25, 0.3) is 0 Å². The predicted octanol–water partition coefficient (Wildman–Crippen LogP) is 8.87. The van der Waals surface area contributed by atoms with Gasteiger partial charge in [0.2, 0.25) is 23.6 Å². The number of amides is 6. The Morgan fingerprint density at radius 2 is 1.33 bits per heavy atom. The van der Waals surface area contributed by atoms with Crippen LogP contribution in [0.25, 0.3) is 10.4 Å². The Bertz CT molecular complexity index is 2550. The van der Waals surface area contributed by atoms with Crippen molar-refractivity contribution in [3.05, 3.63) is 64.3 Å². The Labute approximate surface area is 567 Å². The van der Waals surface area contributed by atoms with Crippen LogP contribution in [0, 0.1) is 23.7 Å². The fraction of sp³-hybridized carbons (Fsp3) is 0.773. The Morgan fingerprint density at radius 1 is 0.755 bits per heavy atom. The molecule has 0 saturated carbocycles. The van der Waals surface area contributed by atoms with E-state index in [0.717, 1.165) is 29.0 Å². The van der Waals surface area contributed by atoms with E-state index in [1.54, 1.807) is 57.4 Å². The van der Waals surface area contributed by atoms with Gasteiger partial charge in [-0.05, 0) is 87.3 Å². The highest BCUT2D eigenvalue weighted by Gasteiger charge is 2.44. The van der Waals surface area contributed by atoms with Gasteiger partial charge in [0.1, 0.15) is 12.1 Å². The molecule has 0 unspecified atom stereocenters. The number of hydrogen-bond donors (Lipinski definition) is 3. The van der Waals surface area contributed by atoms with Crippen molar-refractivity contribution in [2.75, 3.05) is 126 Å². The number of ether oxygens (including phenoxy) is 8. The molecule has 2 aromatic rings. The number of carbonyl (C=O) groups excluding carboxylic acids is 5. The van der Waals surface area contributed by atoms with Crippen LogP contribution in [0.4, 0.5) is 4.79 Å². The largest absolute Gasteiger partial charge is 0.455 e. The molecule has 28 heteroatoms. The summed E-state index contributed by atoms with van der Waals surface area (Å²) < 4.78 is 52.2. The maximum atomic E-state index is 14.8. The Balaban J connectivity index is 1.45.